The largest absolute Gasteiger partial charge is 0.453 e. The van der Waals surface area contributed by atoms with Crippen LogP contribution in [0.25, 0.3) is 0 Å². The molecule has 1 aliphatic heterocycles. The number of anilines is 1. The van der Waals surface area contributed by atoms with Crippen molar-refractivity contribution in [1.29, 1.82) is 0 Å². The minimum atomic E-state index is 0.417. The van der Waals surface area contributed by atoms with Gasteiger partial charge in [0.2, 0.25) is 0 Å². The smallest absolute Gasteiger partial charge is 0.150 e. The first-order valence-electron chi connectivity index (χ1n) is 6.23. The van der Waals surface area contributed by atoms with Gasteiger partial charge in [0, 0.05) is 11.8 Å². The average Bonchev–Trinajstić information content (AvgIpc) is 2.42. The predicted octanol–water partition coefficient (Wildman–Crippen LogP) is 3.63. The van der Waals surface area contributed by atoms with Gasteiger partial charge >= 0.3 is 0 Å². The Balaban J connectivity index is 1.78. The van der Waals surface area contributed by atoms with Gasteiger partial charge in [0.1, 0.15) is 5.76 Å². The minimum absolute atomic E-state index is 0.417. The number of hydrogen-bond acceptors (Lipinski definition) is 2. The lowest BCUT2D eigenvalue weighted by molar-refractivity contribution is 0.413. The number of hydrogen-bond donors (Lipinski definition) is 1. The van der Waals surface area contributed by atoms with Gasteiger partial charge in [-0.3, -0.25) is 0 Å². The summed E-state index contributed by atoms with van der Waals surface area (Å²) in [5, 5.41) is 3.44. The molecule has 0 aromatic heterocycles. The van der Waals surface area contributed by atoms with Crippen LogP contribution in [0.1, 0.15) is 0 Å². The summed E-state index contributed by atoms with van der Waals surface area (Å²) >= 11 is 0. The van der Waals surface area contributed by atoms with Crippen LogP contribution < -0.4 is 10.1 Å². The molecular weight excluding hydrogens is 222 g/mol. The molecule has 0 fully saturated rings. The summed E-state index contributed by atoms with van der Waals surface area (Å²) in [4.78, 5) is 0. The molecule has 18 heavy (non-hydrogen) atoms. The van der Waals surface area contributed by atoms with Crippen molar-refractivity contribution in [2.45, 2.75) is 0 Å². The highest BCUT2D eigenvalue weighted by Crippen LogP contribution is 2.39. The van der Waals surface area contributed by atoms with Crippen LogP contribution in [0.2, 0.25) is 0 Å². The van der Waals surface area contributed by atoms with Crippen molar-refractivity contribution in [3.63, 3.8) is 0 Å². The lowest BCUT2D eigenvalue weighted by atomic mass is 9.83. The van der Waals surface area contributed by atoms with Crippen LogP contribution >= 0.6 is 0 Å². The highest BCUT2D eigenvalue weighted by atomic mass is 16.5. The Morgan fingerprint density at radius 2 is 1.72 bits per heavy atom. The summed E-state index contributed by atoms with van der Waals surface area (Å²) in [5.41, 5.74) is 2.12. The van der Waals surface area contributed by atoms with Crippen LogP contribution in [-0.4, -0.2) is 0 Å². The Bertz CT molecular complexity index is 567. The Hall–Kier alpha value is -2.22. The van der Waals surface area contributed by atoms with E-state index in [1.165, 1.54) is 0 Å². The quantitative estimate of drug-likeness (QED) is 0.741. The number of benzene rings is 1. The van der Waals surface area contributed by atoms with Crippen molar-refractivity contribution >= 4 is 5.69 Å². The van der Waals surface area contributed by atoms with Gasteiger partial charge in [-0.1, -0.05) is 36.4 Å². The molecule has 4 rings (SSSR count). The summed E-state index contributed by atoms with van der Waals surface area (Å²) in [6, 6.07) is 8.03. The van der Waals surface area contributed by atoms with Crippen LogP contribution in [0.3, 0.4) is 0 Å². The molecule has 1 heterocycles. The number of ether oxygens (including phenoxy) is 1. The number of nitrogens with one attached hydrogen (secondary N) is 1. The van der Waals surface area contributed by atoms with E-state index in [-0.39, 0.29) is 0 Å². The fourth-order valence-electron chi connectivity index (χ4n) is 2.63. The number of allylic oxidation sites excluding steroid dienone is 6. The third kappa shape index (κ3) is 1.42. The Kier molecular flexibility index (Phi) is 1.97. The summed E-state index contributed by atoms with van der Waals surface area (Å²) in [5.74, 6) is 2.69. The van der Waals surface area contributed by atoms with E-state index in [4.69, 9.17) is 4.74 Å². The molecule has 0 radical (unpaired) electrons. The first-order valence-corrected chi connectivity index (χ1v) is 6.23. The number of fused-ring (bicyclic) bond motifs is 3. The number of para-hydroxylation sites is 2. The van der Waals surface area contributed by atoms with E-state index < -0.39 is 0 Å². The summed E-state index contributed by atoms with van der Waals surface area (Å²) in [6.45, 7) is 0. The fourth-order valence-corrected chi connectivity index (χ4v) is 2.63. The summed E-state index contributed by atoms with van der Waals surface area (Å²) < 4.78 is 5.96. The van der Waals surface area contributed by atoms with E-state index in [0.29, 0.717) is 11.8 Å². The first-order chi connectivity index (χ1) is 8.90. The molecule has 88 valence electrons. The van der Waals surface area contributed by atoms with Crippen LogP contribution in [0.15, 0.2) is 72.2 Å². The molecule has 2 heteroatoms. The van der Waals surface area contributed by atoms with E-state index in [1.54, 1.807) is 0 Å². The van der Waals surface area contributed by atoms with Crippen LogP contribution in [0.4, 0.5) is 5.69 Å². The molecule has 1 N–H and O–H groups in total. The van der Waals surface area contributed by atoms with E-state index in [0.717, 1.165) is 22.9 Å². The molecule has 0 saturated carbocycles. The lowest BCUT2D eigenvalue weighted by Crippen LogP contribution is -2.23. The second kappa shape index (κ2) is 3.64. The average molecular weight is 235 g/mol. The molecule has 2 aliphatic carbocycles. The molecule has 0 bridgehead atoms. The standard InChI is InChI=1S/C16H13NO/c1-2-6-12-10-16-14(9-11(12)5-1)17-13-7-3-4-8-15(13)18-16/h1-12,17H. The van der Waals surface area contributed by atoms with E-state index in [1.807, 2.05) is 24.3 Å². The third-order valence-corrected chi connectivity index (χ3v) is 3.57. The molecular formula is C16H13NO. The normalized spacial score (nSPS) is 26.9. The van der Waals surface area contributed by atoms with Gasteiger partial charge in [0.25, 0.3) is 0 Å². The monoisotopic (exact) mass is 235 g/mol. The van der Waals surface area contributed by atoms with Crippen molar-refractivity contribution in [2.75, 3.05) is 5.32 Å². The van der Waals surface area contributed by atoms with Gasteiger partial charge in [0.15, 0.2) is 5.75 Å². The van der Waals surface area contributed by atoms with Gasteiger partial charge in [-0.05, 0) is 24.3 Å². The maximum absolute atomic E-state index is 5.96. The minimum Gasteiger partial charge on any atom is -0.453 e. The van der Waals surface area contributed by atoms with E-state index in [2.05, 4.69) is 41.8 Å². The molecule has 1 aromatic rings. The van der Waals surface area contributed by atoms with E-state index >= 15 is 0 Å². The molecule has 3 aliphatic rings. The Labute approximate surface area is 106 Å². The molecule has 0 saturated heterocycles. The van der Waals surface area contributed by atoms with Crippen molar-refractivity contribution in [2.24, 2.45) is 11.8 Å². The second-order valence-electron chi connectivity index (χ2n) is 4.76. The first kappa shape index (κ1) is 9.77. The zero-order valence-electron chi connectivity index (χ0n) is 9.84. The van der Waals surface area contributed by atoms with Crippen molar-refractivity contribution < 1.29 is 4.74 Å². The van der Waals surface area contributed by atoms with Crippen molar-refractivity contribution in [1.82, 2.24) is 0 Å². The lowest BCUT2D eigenvalue weighted by Gasteiger charge is -2.31. The van der Waals surface area contributed by atoms with Crippen molar-refractivity contribution in [3.05, 3.63) is 72.2 Å². The second-order valence-corrected chi connectivity index (χ2v) is 4.76. The molecule has 2 unspecified atom stereocenters. The number of rotatable bonds is 0. The molecule has 2 nitrogen and oxygen atoms in total. The summed E-state index contributed by atoms with van der Waals surface area (Å²) in [7, 11) is 0. The zero-order chi connectivity index (χ0) is 11.9. The fraction of sp³-hybridized carbons (Fsp3) is 0.125. The molecule has 1 aromatic carbocycles. The molecule has 0 spiro atoms. The van der Waals surface area contributed by atoms with Gasteiger partial charge < -0.3 is 10.1 Å². The highest BCUT2D eigenvalue weighted by molar-refractivity contribution is 5.66. The molecule has 0 amide bonds. The molecule has 2 atom stereocenters. The maximum atomic E-state index is 5.96. The van der Waals surface area contributed by atoms with Crippen molar-refractivity contribution in [3.8, 4) is 5.75 Å². The van der Waals surface area contributed by atoms with Crippen LogP contribution in [0, 0.1) is 11.8 Å². The van der Waals surface area contributed by atoms with E-state index in [9.17, 15) is 0 Å². The van der Waals surface area contributed by atoms with Gasteiger partial charge in [0.05, 0.1) is 11.4 Å². The van der Waals surface area contributed by atoms with Gasteiger partial charge in [-0.2, -0.15) is 0 Å². The Morgan fingerprint density at radius 3 is 2.61 bits per heavy atom. The Morgan fingerprint density at radius 1 is 0.944 bits per heavy atom. The SMILES string of the molecule is C1=CC2C=C3Nc4ccccc4OC3=CC2C=C1. The van der Waals surface area contributed by atoms with Crippen LogP contribution in [0.5, 0.6) is 5.75 Å². The van der Waals surface area contributed by atoms with Gasteiger partial charge in [-0.15, -0.1) is 0 Å². The zero-order valence-corrected chi connectivity index (χ0v) is 9.84. The predicted molar refractivity (Wildman–Crippen MR) is 72.1 cm³/mol. The maximum Gasteiger partial charge on any atom is 0.150 e. The van der Waals surface area contributed by atoms with Gasteiger partial charge in [-0.25, -0.2) is 0 Å². The topological polar surface area (TPSA) is 21.3 Å². The highest BCUT2D eigenvalue weighted by Gasteiger charge is 2.27. The van der Waals surface area contributed by atoms with Crippen LogP contribution in [-0.2, 0) is 0 Å². The third-order valence-electron chi connectivity index (χ3n) is 3.57. The summed E-state index contributed by atoms with van der Waals surface area (Å²) in [6.07, 6.45) is 13.1.